The van der Waals surface area contributed by atoms with E-state index >= 15 is 0 Å². The van der Waals surface area contributed by atoms with Crippen molar-refractivity contribution < 1.29 is 0 Å². The average molecular weight is 266 g/mol. The maximum atomic E-state index is 12.1. The summed E-state index contributed by atoms with van der Waals surface area (Å²) < 4.78 is 0. The summed E-state index contributed by atoms with van der Waals surface area (Å²) in [5.74, 6) is 0.361. The first-order chi connectivity index (χ1) is 9.70. The Morgan fingerprint density at radius 2 is 2.25 bits per heavy atom. The zero-order valence-corrected chi connectivity index (χ0v) is 11.2. The molecule has 0 atom stereocenters. The van der Waals surface area contributed by atoms with Crippen molar-refractivity contribution in [2.24, 2.45) is 0 Å². The van der Waals surface area contributed by atoms with Gasteiger partial charge in [-0.3, -0.25) is 4.79 Å². The minimum absolute atomic E-state index is 0.209. The molecule has 1 saturated heterocycles. The lowest BCUT2D eigenvalue weighted by molar-refractivity contribution is 0.483. The summed E-state index contributed by atoms with van der Waals surface area (Å²) in [7, 11) is 1.96. The molecule has 5 heteroatoms. The average Bonchev–Trinajstić information content (AvgIpc) is 2.86. The first kappa shape index (κ1) is 12.4. The van der Waals surface area contributed by atoms with Crippen LogP contribution >= 0.6 is 0 Å². The van der Waals surface area contributed by atoms with Gasteiger partial charge in [-0.1, -0.05) is 12.1 Å². The largest absolute Gasteiger partial charge is 0.377 e. The normalized spacial score (nSPS) is 17.3. The van der Waals surface area contributed by atoms with Crippen LogP contribution in [0.4, 0.5) is 0 Å². The van der Waals surface area contributed by atoms with Crippen molar-refractivity contribution in [1.29, 1.82) is 5.26 Å². The maximum Gasteiger partial charge on any atom is 0.259 e. The van der Waals surface area contributed by atoms with Crippen LogP contribution in [0.3, 0.4) is 0 Å². The molecule has 0 spiro atoms. The molecule has 100 valence electrons. The van der Waals surface area contributed by atoms with E-state index in [1.165, 1.54) is 0 Å². The summed E-state index contributed by atoms with van der Waals surface area (Å²) in [5, 5.41) is 9.96. The first-order valence-electron chi connectivity index (χ1n) is 6.54. The van der Waals surface area contributed by atoms with Gasteiger partial charge in [0.1, 0.15) is 11.6 Å². The number of rotatable bonds is 1. The molecule has 0 unspecified atom stereocenters. The minimum atomic E-state index is -0.209. The number of nitriles is 1. The van der Waals surface area contributed by atoms with Gasteiger partial charge in [-0.15, -0.1) is 0 Å². The molecule has 2 aromatic rings. The monoisotopic (exact) mass is 266 g/mol. The molecule has 0 radical (unpaired) electrons. The van der Waals surface area contributed by atoms with Crippen molar-refractivity contribution >= 4 is 16.5 Å². The summed E-state index contributed by atoms with van der Waals surface area (Å²) in [6, 6.07) is 9.33. The van der Waals surface area contributed by atoms with Gasteiger partial charge in [0.15, 0.2) is 5.82 Å². The SMILES string of the molecule is CN1CCC/C1=C(/C#N)c1nc2ccccc2c(=O)[nH]1. The molecule has 0 bridgehead atoms. The summed E-state index contributed by atoms with van der Waals surface area (Å²) in [6.45, 7) is 0.929. The highest BCUT2D eigenvalue weighted by molar-refractivity contribution is 5.82. The van der Waals surface area contributed by atoms with Gasteiger partial charge in [0.25, 0.3) is 5.56 Å². The van der Waals surface area contributed by atoms with Gasteiger partial charge in [-0.25, -0.2) is 4.98 Å². The lowest BCUT2D eigenvalue weighted by Crippen LogP contribution is -2.15. The van der Waals surface area contributed by atoms with Gasteiger partial charge in [-0.2, -0.15) is 5.26 Å². The van der Waals surface area contributed by atoms with Crippen LogP contribution in [-0.2, 0) is 0 Å². The van der Waals surface area contributed by atoms with Gasteiger partial charge in [-0.05, 0) is 25.0 Å². The van der Waals surface area contributed by atoms with Crippen LogP contribution in [-0.4, -0.2) is 28.5 Å². The number of nitrogens with one attached hydrogen (secondary N) is 1. The Bertz CT molecular complexity index is 797. The highest BCUT2D eigenvalue weighted by atomic mass is 16.1. The molecule has 1 aromatic heterocycles. The molecule has 3 rings (SSSR count). The van der Waals surface area contributed by atoms with Crippen molar-refractivity contribution in [3.63, 3.8) is 0 Å². The highest BCUT2D eigenvalue weighted by Gasteiger charge is 2.20. The predicted molar refractivity (Wildman–Crippen MR) is 76.8 cm³/mol. The predicted octanol–water partition coefficient (Wildman–Crippen LogP) is 1.88. The molecule has 2 heterocycles. The Hall–Kier alpha value is -2.61. The lowest BCUT2D eigenvalue weighted by atomic mass is 10.1. The van der Waals surface area contributed by atoms with E-state index in [-0.39, 0.29) is 5.56 Å². The van der Waals surface area contributed by atoms with Gasteiger partial charge in [0.05, 0.1) is 10.9 Å². The topological polar surface area (TPSA) is 72.8 Å². The number of H-pyrrole nitrogens is 1. The standard InChI is InChI=1S/C15H14N4O/c1-19-8-4-7-13(19)11(9-16)14-17-12-6-3-2-5-10(12)15(20)18-14/h2-3,5-6H,4,7-8H2,1H3,(H,17,18,20)/b13-11+. The summed E-state index contributed by atoms with van der Waals surface area (Å²) in [5.41, 5.74) is 1.82. The smallest absolute Gasteiger partial charge is 0.259 e. The third-order valence-electron chi connectivity index (χ3n) is 3.62. The fraction of sp³-hybridized carbons (Fsp3) is 0.267. The minimum Gasteiger partial charge on any atom is -0.377 e. The van der Waals surface area contributed by atoms with E-state index in [0.717, 1.165) is 25.1 Å². The molecule has 20 heavy (non-hydrogen) atoms. The molecule has 1 fully saturated rings. The van der Waals surface area contributed by atoms with Crippen LogP contribution in [0.2, 0.25) is 0 Å². The van der Waals surface area contributed by atoms with Crippen LogP contribution in [0.15, 0.2) is 34.8 Å². The van der Waals surface area contributed by atoms with Gasteiger partial charge in [0.2, 0.25) is 0 Å². The number of hydrogen-bond acceptors (Lipinski definition) is 4. The maximum absolute atomic E-state index is 12.1. The van der Waals surface area contributed by atoms with Crippen LogP contribution in [0.5, 0.6) is 0 Å². The van der Waals surface area contributed by atoms with E-state index in [4.69, 9.17) is 0 Å². The van der Waals surface area contributed by atoms with Crippen molar-refractivity contribution in [2.75, 3.05) is 13.6 Å². The van der Waals surface area contributed by atoms with Crippen LogP contribution < -0.4 is 5.56 Å². The number of nitrogens with zero attached hydrogens (tertiary/aromatic N) is 3. The number of aromatic nitrogens is 2. The number of benzene rings is 1. The van der Waals surface area contributed by atoms with Gasteiger partial charge < -0.3 is 9.88 Å². The van der Waals surface area contributed by atoms with Gasteiger partial charge in [0, 0.05) is 19.3 Å². The lowest BCUT2D eigenvalue weighted by Gasteiger charge is -2.14. The fourth-order valence-electron chi connectivity index (χ4n) is 2.58. The summed E-state index contributed by atoms with van der Waals surface area (Å²) >= 11 is 0. The van der Waals surface area contributed by atoms with Crippen molar-refractivity contribution in [2.45, 2.75) is 12.8 Å². The van der Waals surface area contributed by atoms with E-state index in [1.807, 2.05) is 18.0 Å². The number of aromatic amines is 1. The Morgan fingerprint density at radius 1 is 1.45 bits per heavy atom. The van der Waals surface area contributed by atoms with E-state index in [0.29, 0.717) is 22.3 Å². The van der Waals surface area contributed by atoms with E-state index in [9.17, 15) is 10.1 Å². The molecule has 1 aliphatic rings. The molecule has 5 nitrogen and oxygen atoms in total. The zero-order valence-electron chi connectivity index (χ0n) is 11.2. The molecular weight excluding hydrogens is 252 g/mol. The quantitative estimate of drug-likeness (QED) is 0.800. The van der Waals surface area contributed by atoms with E-state index < -0.39 is 0 Å². The molecule has 1 N–H and O–H groups in total. The molecule has 0 aliphatic carbocycles. The summed E-state index contributed by atoms with van der Waals surface area (Å²) in [4.78, 5) is 21.3. The number of hydrogen-bond donors (Lipinski definition) is 1. The first-order valence-corrected chi connectivity index (χ1v) is 6.54. The fourth-order valence-corrected chi connectivity index (χ4v) is 2.58. The molecule has 1 aliphatic heterocycles. The third-order valence-corrected chi connectivity index (χ3v) is 3.62. The number of allylic oxidation sites excluding steroid dienone is 2. The van der Waals surface area contributed by atoms with Gasteiger partial charge >= 0.3 is 0 Å². The Labute approximate surface area is 116 Å². The third kappa shape index (κ3) is 1.95. The molecule has 0 saturated carbocycles. The number of likely N-dealkylation sites (tertiary alicyclic amines) is 1. The molecular formula is C15H14N4O. The Kier molecular flexibility index (Phi) is 2.99. The number of para-hydroxylation sites is 1. The van der Waals surface area contributed by atoms with Crippen LogP contribution in [0.25, 0.3) is 16.5 Å². The second kappa shape index (κ2) is 4.82. The van der Waals surface area contributed by atoms with Crippen LogP contribution in [0.1, 0.15) is 18.7 Å². The molecule has 1 aromatic carbocycles. The van der Waals surface area contributed by atoms with E-state index in [1.54, 1.807) is 18.2 Å². The van der Waals surface area contributed by atoms with E-state index in [2.05, 4.69) is 16.0 Å². The van der Waals surface area contributed by atoms with Crippen molar-refractivity contribution in [1.82, 2.24) is 14.9 Å². The zero-order chi connectivity index (χ0) is 14.1. The van der Waals surface area contributed by atoms with Crippen LogP contribution in [0, 0.1) is 11.3 Å². The highest BCUT2D eigenvalue weighted by Crippen LogP contribution is 2.26. The summed E-state index contributed by atoms with van der Waals surface area (Å²) in [6.07, 6.45) is 1.87. The Balaban J connectivity index is 2.24. The molecule has 0 amide bonds. The van der Waals surface area contributed by atoms with Crippen molar-refractivity contribution in [3.8, 4) is 6.07 Å². The Morgan fingerprint density at radius 3 is 2.95 bits per heavy atom. The second-order valence-corrected chi connectivity index (χ2v) is 4.89. The van der Waals surface area contributed by atoms with Crippen molar-refractivity contribution in [3.05, 3.63) is 46.1 Å². The second-order valence-electron chi connectivity index (χ2n) is 4.89. The number of fused-ring (bicyclic) bond motifs is 1.